The SMILES string of the molecule is CN(C)S(=O)(=O)c1ccc(NCc2ccccn2)c(N)c1. The lowest BCUT2D eigenvalue weighted by Gasteiger charge is -2.14. The zero-order valence-corrected chi connectivity index (χ0v) is 12.8. The van der Waals surface area contributed by atoms with Gasteiger partial charge in [-0.2, -0.15) is 0 Å². The monoisotopic (exact) mass is 306 g/mol. The molecule has 2 rings (SSSR count). The zero-order valence-electron chi connectivity index (χ0n) is 11.9. The largest absolute Gasteiger partial charge is 0.397 e. The second kappa shape index (κ2) is 6.11. The van der Waals surface area contributed by atoms with Crippen LogP contribution in [0.2, 0.25) is 0 Å². The zero-order chi connectivity index (χ0) is 15.5. The summed E-state index contributed by atoms with van der Waals surface area (Å²) in [5.74, 6) is 0. The number of nitrogens with two attached hydrogens (primary N) is 1. The van der Waals surface area contributed by atoms with E-state index < -0.39 is 10.0 Å². The van der Waals surface area contributed by atoms with Crippen LogP contribution in [0.1, 0.15) is 5.69 Å². The van der Waals surface area contributed by atoms with Crippen LogP contribution in [0.3, 0.4) is 0 Å². The van der Waals surface area contributed by atoms with Crippen LogP contribution in [0, 0.1) is 0 Å². The summed E-state index contributed by atoms with van der Waals surface area (Å²) < 4.78 is 25.2. The van der Waals surface area contributed by atoms with Crippen molar-refractivity contribution >= 4 is 21.4 Å². The molecule has 7 heteroatoms. The molecule has 0 aliphatic rings. The number of sulfonamides is 1. The van der Waals surface area contributed by atoms with Crippen molar-refractivity contribution in [2.24, 2.45) is 0 Å². The van der Waals surface area contributed by atoms with Gasteiger partial charge < -0.3 is 11.1 Å². The normalized spacial score (nSPS) is 11.6. The number of nitrogens with one attached hydrogen (secondary N) is 1. The molecule has 0 saturated heterocycles. The van der Waals surface area contributed by atoms with Gasteiger partial charge in [0, 0.05) is 20.3 Å². The van der Waals surface area contributed by atoms with Crippen molar-refractivity contribution in [1.29, 1.82) is 0 Å². The van der Waals surface area contributed by atoms with Gasteiger partial charge in [-0.15, -0.1) is 0 Å². The van der Waals surface area contributed by atoms with Crippen molar-refractivity contribution in [2.75, 3.05) is 25.1 Å². The molecule has 0 radical (unpaired) electrons. The average Bonchev–Trinajstić information content (AvgIpc) is 2.46. The Hall–Kier alpha value is -2.12. The maximum atomic E-state index is 12.0. The molecule has 21 heavy (non-hydrogen) atoms. The van der Waals surface area contributed by atoms with Crippen LogP contribution in [0.15, 0.2) is 47.5 Å². The number of nitrogen functional groups attached to an aromatic ring is 1. The van der Waals surface area contributed by atoms with Gasteiger partial charge in [0.15, 0.2) is 0 Å². The molecule has 1 aromatic carbocycles. The highest BCUT2D eigenvalue weighted by Gasteiger charge is 2.17. The van der Waals surface area contributed by atoms with Crippen LogP contribution in [0.4, 0.5) is 11.4 Å². The predicted octanol–water partition coefficient (Wildman–Crippen LogP) is 1.53. The van der Waals surface area contributed by atoms with Crippen molar-refractivity contribution in [3.63, 3.8) is 0 Å². The Morgan fingerprint density at radius 1 is 1.24 bits per heavy atom. The topological polar surface area (TPSA) is 88.3 Å². The summed E-state index contributed by atoms with van der Waals surface area (Å²) in [5.41, 5.74) is 7.86. The van der Waals surface area contributed by atoms with E-state index in [1.54, 1.807) is 12.3 Å². The fraction of sp³-hybridized carbons (Fsp3) is 0.214. The summed E-state index contributed by atoms with van der Waals surface area (Å²) >= 11 is 0. The van der Waals surface area contributed by atoms with Crippen LogP contribution in [0.25, 0.3) is 0 Å². The minimum atomic E-state index is -3.47. The first-order valence-electron chi connectivity index (χ1n) is 6.37. The number of pyridine rings is 1. The minimum absolute atomic E-state index is 0.174. The van der Waals surface area contributed by atoms with Gasteiger partial charge in [0.25, 0.3) is 0 Å². The van der Waals surface area contributed by atoms with E-state index in [2.05, 4.69) is 10.3 Å². The van der Waals surface area contributed by atoms with E-state index in [9.17, 15) is 8.42 Å². The fourth-order valence-electron chi connectivity index (χ4n) is 1.76. The summed E-state index contributed by atoms with van der Waals surface area (Å²) in [5, 5.41) is 3.14. The van der Waals surface area contributed by atoms with E-state index in [1.165, 1.54) is 26.2 Å². The Morgan fingerprint density at radius 2 is 2.00 bits per heavy atom. The molecule has 0 aliphatic carbocycles. The first-order valence-corrected chi connectivity index (χ1v) is 7.81. The Balaban J connectivity index is 2.17. The smallest absolute Gasteiger partial charge is 0.242 e. The molecule has 0 amide bonds. The summed E-state index contributed by atoms with van der Waals surface area (Å²) in [6.45, 7) is 0.519. The predicted molar refractivity (Wildman–Crippen MR) is 83.3 cm³/mol. The molecule has 0 aliphatic heterocycles. The number of nitrogens with zero attached hydrogens (tertiary/aromatic N) is 2. The maximum Gasteiger partial charge on any atom is 0.242 e. The number of anilines is 2. The molecule has 3 N–H and O–H groups in total. The second-order valence-corrected chi connectivity index (χ2v) is 6.86. The number of rotatable bonds is 5. The molecule has 1 aromatic heterocycles. The van der Waals surface area contributed by atoms with Crippen LogP contribution in [-0.2, 0) is 16.6 Å². The molecule has 0 unspecified atom stereocenters. The Labute approximate surface area is 124 Å². The number of hydrogen-bond acceptors (Lipinski definition) is 5. The van der Waals surface area contributed by atoms with Gasteiger partial charge in [-0.25, -0.2) is 12.7 Å². The lowest BCUT2D eigenvalue weighted by atomic mass is 10.2. The van der Waals surface area contributed by atoms with Crippen LogP contribution >= 0.6 is 0 Å². The summed E-state index contributed by atoms with van der Waals surface area (Å²) in [6.07, 6.45) is 1.72. The molecular formula is C14H18N4O2S. The van der Waals surface area contributed by atoms with Gasteiger partial charge >= 0.3 is 0 Å². The first-order chi connectivity index (χ1) is 9.91. The number of benzene rings is 1. The molecule has 0 saturated carbocycles. The summed E-state index contributed by atoms with van der Waals surface area (Å²) in [4.78, 5) is 4.37. The molecule has 2 aromatic rings. The third kappa shape index (κ3) is 3.50. The van der Waals surface area contributed by atoms with E-state index in [0.717, 1.165) is 10.00 Å². The van der Waals surface area contributed by atoms with Crippen molar-refractivity contribution in [2.45, 2.75) is 11.4 Å². The molecule has 0 fully saturated rings. The van der Waals surface area contributed by atoms with Crippen LogP contribution < -0.4 is 11.1 Å². The molecular weight excluding hydrogens is 288 g/mol. The van der Waals surface area contributed by atoms with E-state index in [1.807, 2.05) is 18.2 Å². The van der Waals surface area contributed by atoms with Gasteiger partial charge in [0.05, 0.1) is 28.5 Å². The van der Waals surface area contributed by atoms with Gasteiger partial charge in [-0.05, 0) is 30.3 Å². The van der Waals surface area contributed by atoms with E-state index in [0.29, 0.717) is 17.9 Å². The molecule has 0 atom stereocenters. The van der Waals surface area contributed by atoms with Crippen molar-refractivity contribution < 1.29 is 8.42 Å². The molecule has 112 valence electrons. The second-order valence-electron chi connectivity index (χ2n) is 4.71. The van der Waals surface area contributed by atoms with Crippen molar-refractivity contribution in [3.05, 3.63) is 48.3 Å². The maximum absolute atomic E-state index is 12.0. The van der Waals surface area contributed by atoms with Crippen LogP contribution in [-0.4, -0.2) is 31.8 Å². The van der Waals surface area contributed by atoms with Crippen molar-refractivity contribution in [1.82, 2.24) is 9.29 Å². The fourth-order valence-corrected chi connectivity index (χ4v) is 2.70. The quantitative estimate of drug-likeness (QED) is 0.818. The highest BCUT2D eigenvalue weighted by atomic mass is 32.2. The third-order valence-corrected chi connectivity index (χ3v) is 4.80. The third-order valence-electron chi connectivity index (χ3n) is 2.99. The Morgan fingerprint density at radius 3 is 2.57 bits per heavy atom. The lowest BCUT2D eigenvalue weighted by molar-refractivity contribution is 0.521. The molecule has 0 bridgehead atoms. The average molecular weight is 306 g/mol. The number of hydrogen-bond donors (Lipinski definition) is 2. The first kappa shape index (κ1) is 15.3. The highest BCUT2D eigenvalue weighted by molar-refractivity contribution is 7.89. The standard InChI is InChI=1S/C14H18N4O2S/c1-18(2)21(19,20)12-6-7-14(13(15)9-12)17-10-11-5-3-4-8-16-11/h3-9,17H,10,15H2,1-2H3. The lowest BCUT2D eigenvalue weighted by Crippen LogP contribution is -2.22. The Bertz CT molecular complexity index is 715. The van der Waals surface area contributed by atoms with Crippen LogP contribution in [0.5, 0.6) is 0 Å². The van der Waals surface area contributed by atoms with E-state index in [4.69, 9.17) is 5.73 Å². The molecule has 0 spiro atoms. The highest BCUT2D eigenvalue weighted by Crippen LogP contribution is 2.24. The van der Waals surface area contributed by atoms with Gasteiger partial charge in [-0.1, -0.05) is 6.07 Å². The van der Waals surface area contributed by atoms with Gasteiger partial charge in [-0.3, -0.25) is 4.98 Å². The van der Waals surface area contributed by atoms with Crippen molar-refractivity contribution in [3.8, 4) is 0 Å². The Kier molecular flexibility index (Phi) is 4.44. The minimum Gasteiger partial charge on any atom is -0.397 e. The van der Waals surface area contributed by atoms with Gasteiger partial charge in [0.1, 0.15) is 0 Å². The summed E-state index contributed by atoms with van der Waals surface area (Å²) in [7, 11) is -0.500. The van der Waals surface area contributed by atoms with E-state index >= 15 is 0 Å². The number of aromatic nitrogens is 1. The summed E-state index contributed by atoms with van der Waals surface area (Å²) in [6, 6.07) is 10.3. The molecule has 1 heterocycles. The van der Waals surface area contributed by atoms with Gasteiger partial charge in [0.2, 0.25) is 10.0 Å². The van der Waals surface area contributed by atoms with E-state index in [-0.39, 0.29) is 4.90 Å². The molecule has 6 nitrogen and oxygen atoms in total.